The second kappa shape index (κ2) is 22.3. The molecule has 0 aromatic rings. The van der Waals surface area contributed by atoms with E-state index in [9.17, 15) is 49.2 Å². The first-order chi connectivity index (χ1) is 31.6. The fourth-order valence-electron chi connectivity index (χ4n) is 11.9. The number of hydrogen-bond acceptors (Lipinski definition) is 18. The molecule has 0 aromatic heterocycles. The van der Waals surface area contributed by atoms with Crippen LogP contribution in [0, 0.1) is 35.5 Å². The zero-order valence-electron chi connectivity index (χ0n) is 38.0. The summed E-state index contributed by atoms with van der Waals surface area (Å²) in [7, 11) is 4.65. The molecule has 0 spiro atoms. The Morgan fingerprint density at radius 1 is 0.773 bits per heavy atom. The van der Waals surface area contributed by atoms with Gasteiger partial charge in [0, 0.05) is 38.6 Å². The van der Waals surface area contributed by atoms with Crippen molar-refractivity contribution in [2.45, 2.75) is 157 Å². The number of Topliss-reactive ketones (excluding diaryl/α,β-unsaturated/α-hetero) is 1. The van der Waals surface area contributed by atoms with Crippen LogP contribution in [0.1, 0.15) is 71.1 Å². The van der Waals surface area contributed by atoms with Crippen molar-refractivity contribution < 1.29 is 82.4 Å². The Kier molecular flexibility index (Phi) is 17.1. The lowest BCUT2D eigenvalue weighted by Gasteiger charge is -2.55. The van der Waals surface area contributed by atoms with Gasteiger partial charge in [-0.1, -0.05) is 0 Å². The number of hydrogen-bond donors (Lipinski definition) is 9. The number of fused-ring (bicyclic) bond motifs is 3. The Morgan fingerprint density at radius 2 is 1.45 bits per heavy atom. The van der Waals surface area contributed by atoms with E-state index >= 15 is 0 Å². The van der Waals surface area contributed by atoms with Gasteiger partial charge in [-0.25, -0.2) is 0 Å². The van der Waals surface area contributed by atoms with Gasteiger partial charge < -0.3 is 80.2 Å². The zero-order chi connectivity index (χ0) is 47.4. The van der Waals surface area contributed by atoms with Gasteiger partial charge in [0.05, 0.1) is 56.1 Å². The normalized spacial score (nSPS) is 41.3. The molecule has 16 atom stereocenters. The summed E-state index contributed by atoms with van der Waals surface area (Å²) in [6, 6.07) is -1.33. The van der Waals surface area contributed by atoms with Gasteiger partial charge in [0.25, 0.3) is 5.91 Å². The molecule has 372 valence electrons. The van der Waals surface area contributed by atoms with Crippen LogP contribution >= 0.6 is 0 Å². The Balaban J connectivity index is 0.940. The van der Waals surface area contributed by atoms with Crippen molar-refractivity contribution in [1.29, 1.82) is 0 Å². The average molecular weight is 940 g/mol. The van der Waals surface area contributed by atoms with Gasteiger partial charge in [-0.05, 0) is 95.4 Å². The molecular formula is C44H69N5O17. The smallest absolute Gasteiger partial charge is 0.309 e. The van der Waals surface area contributed by atoms with Crippen molar-refractivity contribution >= 4 is 35.4 Å². The van der Waals surface area contributed by atoms with E-state index in [0.717, 1.165) is 0 Å². The number of ketones is 1. The third-order valence-corrected chi connectivity index (χ3v) is 15.2. The summed E-state index contributed by atoms with van der Waals surface area (Å²) in [6.07, 6.45) is -8.02. The van der Waals surface area contributed by atoms with Crippen LogP contribution in [0.2, 0.25) is 0 Å². The van der Waals surface area contributed by atoms with Crippen LogP contribution in [-0.4, -0.2) is 189 Å². The van der Waals surface area contributed by atoms with Crippen LogP contribution in [0.15, 0.2) is 0 Å². The van der Waals surface area contributed by atoms with Crippen LogP contribution in [0.5, 0.6) is 0 Å². The van der Waals surface area contributed by atoms with E-state index in [1.165, 1.54) is 6.92 Å². The van der Waals surface area contributed by atoms with Gasteiger partial charge in [0.2, 0.25) is 17.7 Å². The van der Waals surface area contributed by atoms with E-state index in [2.05, 4.69) is 26.6 Å². The molecule has 3 saturated heterocycles. The molecule has 4 amide bonds. The molecule has 22 nitrogen and oxygen atoms in total. The fourth-order valence-corrected chi connectivity index (χ4v) is 11.9. The van der Waals surface area contributed by atoms with E-state index < -0.39 is 97.0 Å². The van der Waals surface area contributed by atoms with Gasteiger partial charge in [0.1, 0.15) is 43.1 Å². The molecule has 4 aliphatic carbocycles. The number of aliphatic hydroxyl groups excluding tert-OH is 4. The molecular weight excluding hydrogens is 871 g/mol. The highest BCUT2D eigenvalue weighted by Crippen LogP contribution is 2.58. The number of rotatable bonds is 17. The number of amides is 4. The number of ether oxygens (including phenoxy) is 7. The van der Waals surface area contributed by atoms with Gasteiger partial charge in [0.15, 0.2) is 12.4 Å². The van der Waals surface area contributed by atoms with Gasteiger partial charge in [-0.15, -0.1) is 0 Å². The number of methoxy groups -OCH3 is 2. The van der Waals surface area contributed by atoms with E-state index in [4.69, 9.17) is 33.2 Å². The molecule has 7 aliphatic rings. The van der Waals surface area contributed by atoms with Crippen molar-refractivity contribution in [2.24, 2.45) is 35.5 Å². The molecule has 4 saturated carbocycles. The highest BCUT2D eigenvalue weighted by molar-refractivity contribution is 5.88. The Hall–Kier alpha value is -3.42. The van der Waals surface area contributed by atoms with Gasteiger partial charge >= 0.3 is 5.97 Å². The lowest BCUT2D eigenvalue weighted by molar-refractivity contribution is -0.320. The van der Waals surface area contributed by atoms with Crippen LogP contribution in [0.4, 0.5) is 0 Å². The topological polar surface area (TPSA) is 308 Å². The molecule has 0 aromatic carbocycles. The standard InChI is InChI=1S/C44H69N5O17/c1-19(50)15-46-30(51)10-9-26(45-2)41(57)47-16-31(52)48-22-5-7-23(8-6-22)49-42(58)40-36(55)35(54)37(56)44(66-40)65-38-25-11-21-17-62-43(59)33(21)32(24(25)14-29-39(38)64-18-63-29)20-12-27(60-3)34(53)28(13-20)61-4/h20-29,32-40,44-45,53-56H,5-18H2,1-4H3,(H,46,51)(H,47,57)(H,48,52)(H,49,58)/t20?,21?,22?,23?,24?,25?,26?,27?,28?,29?,32-,33+,34?,35?,36?,37?,38?,39?,40?,44?/m1/s1. The first kappa shape index (κ1) is 50.5. The summed E-state index contributed by atoms with van der Waals surface area (Å²) in [6.45, 7) is 1.21. The predicted octanol–water partition coefficient (Wildman–Crippen LogP) is -3.10. The number of nitrogens with one attached hydrogen (secondary N) is 5. The minimum Gasteiger partial charge on any atom is -0.465 e. The van der Waals surface area contributed by atoms with Crippen molar-refractivity contribution in [1.82, 2.24) is 26.6 Å². The highest BCUT2D eigenvalue weighted by atomic mass is 16.7. The summed E-state index contributed by atoms with van der Waals surface area (Å²) >= 11 is 0. The number of esters is 1. The summed E-state index contributed by atoms with van der Waals surface area (Å²) in [5, 5.41) is 58.1. The Bertz CT molecular complexity index is 1720. The van der Waals surface area contributed by atoms with Crippen LogP contribution < -0.4 is 26.6 Å². The van der Waals surface area contributed by atoms with Crippen LogP contribution in [0.25, 0.3) is 0 Å². The molecule has 3 heterocycles. The second-order valence-electron chi connectivity index (χ2n) is 19.2. The van der Waals surface area contributed by atoms with Crippen molar-refractivity contribution in [2.75, 3.05) is 47.8 Å². The van der Waals surface area contributed by atoms with E-state index in [1.54, 1.807) is 21.3 Å². The maximum absolute atomic E-state index is 13.8. The Morgan fingerprint density at radius 3 is 2.11 bits per heavy atom. The first-order valence-electron chi connectivity index (χ1n) is 23.4. The minimum absolute atomic E-state index is 0.00485. The quantitative estimate of drug-likeness (QED) is 0.0653. The van der Waals surface area contributed by atoms with E-state index in [0.29, 0.717) is 51.4 Å². The van der Waals surface area contributed by atoms with Crippen LogP contribution in [0.3, 0.4) is 0 Å². The number of carbonyl (C=O) groups excluding carboxylic acids is 6. The van der Waals surface area contributed by atoms with E-state index in [-0.39, 0.29) is 98.7 Å². The summed E-state index contributed by atoms with van der Waals surface area (Å²) < 4.78 is 42.0. The highest BCUT2D eigenvalue weighted by Gasteiger charge is 2.62. The SMILES string of the molecule is CNC(CCC(=O)NCC(C)=O)C(=O)NCC(=O)NC1CCC(NC(=O)C2OC(OC3C4CC5COC(=O)[C@@H]5[C@H](C5CC(OC)C(O)C(OC)C5)C4CC4OCOC43)C(O)C(O)C2O)CC1. The van der Waals surface area contributed by atoms with Crippen molar-refractivity contribution in [3.05, 3.63) is 0 Å². The fraction of sp³-hybridized carbons (Fsp3) is 0.864. The molecule has 7 rings (SSSR count). The van der Waals surface area contributed by atoms with Gasteiger partial charge in [-0.2, -0.15) is 0 Å². The third kappa shape index (κ3) is 11.2. The molecule has 9 N–H and O–H groups in total. The predicted molar refractivity (Wildman–Crippen MR) is 225 cm³/mol. The largest absolute Gasteiger partial charge is 0.465 e. The lowest BCUT2D eigenvalue weighted by atomic mass is 9.52. The average Bonchev–Trinajstić information content (AvgIpc) is 3.93. The van der Waals surface area contributed by atoms with Gasteiger partial charge in [-0.3, -0.25) is 28.8 Å². The maximum Gasteiger partial charge on any atom is 0.309 e. The second-order valence-corrected chi connectivity index (χ2v) is 19.2. The molecule has 0 radical (unpaired) electrons. The van der Waals surface area contributed by atoms with Crippen LogP contribution in [-0.2, 0) is 61.9 Å². The number of carbonyl (C=O) groups is 6. The molecule has 14 unspecified atom stereocenters. The maximum atomic E-state index is 13.8. The molecule has 3 aliphatic heterocycles. The number of likely N-dealkylation sites (N-methyl/N-ethyl adjacent to an activating group) is 1. The summed E-state index contributed by atoms with van der Waals surface area (Å²) in [4.78, 5) is 75.7. The third-order valence-electron chi connectivity index (χ3n) is 15.2. The first-order valence-corrected chi connectivity index (χ1v) is 23.4. The molecule has 66 heavy (non-hydrogen) atoms. The lowest BCUT2D eigenvalue weighted by Crippen LogP contribution is -2.65. The van der Waals surface area contributed by atoms with Crippen molar-refractivity contribution in [3.63, 3.8) is 0 Å². The minimum atomic E-state index is -1.81. The zero-order valence-corrected chi connectivity index (χ0v) is 38.0. The summed E-state index contributed by atoms with van der Waals surface area (Å²) in [5.74, 6) is -3.67. The monoisotopic (exact) mass is 939 g/mol. The molecule has 0 bridgehead atoms. The molecule has 22 heteroatoms. The van der Waals surface area contributed by atoms with E-state index in [1.807, 2.05) is 0 Å². The number of aliphatic hydroxyl groups is 4. The summed E-state index contributed by atoms with van der Waals surface area (Å²) in [5.41, 5.74) is 0. The van der Waals surface area contributed by atoms with Crippen molar-refractivity contribution in [3.8, 4) is 0 Å². The number of cyclic esters (lactones) is 1. The Labute approximate surface area is 383 Å². The molecule has 7 fully saturated rings.